The van der Waals surface area contributed by atoms with Crippen molar-refractivity contribution >= 4 is 0 Å². The maximum Gasteiger partial charge on any atom is 0.119 e. The lowest BCUT2D eigenvalue weighted by molar-refractivity contribution is 0.0869. The molecule has 1 atom stereocenters. The van der Waals surface area contributed by atoms with E-state index in [0.717, 1.165) is 12.3 Å². The number of aryl methyl sites for hydroxylation is 1. The van der Waals surface area contributed by atoms with Crippen molar-refractivity contribution in [3.05, 3.63) is 29.8 Å². The van der Waals surface area contributed by atoms with Gasteiger partial charge in [0.25, 0.3) is 0 Å². The van der Waals surface area contributed by atoms with Gasteiger partial charge in [-0.05, 0) is 43.7 Å². The maximum atomic E-state index is 9.94. The van der Waals surface area contributed by atoms with Crippen LogP contribution in [-0.4, -0.2) is 30.9 Å². The molecule has 0 saturated heterocycles. The first kappa shape index (κ1) is 15.3. The van der Waals surface area contributed by atoms with E-state index < -0.39 is 6.10 Å². The number of nitrogens with one attached hydrogen (secondary N) is 1. The Bertz CT molecular complexity index is 392. The normalized spacial score (nSPS) is 18.4. The van der Waals surface area contributed by atoms with Crippen molar-refractivity contribution in [2.45, 2.75) is 45.6 Å². The van der Waals surface area contributed by atoms with Crippen molar-refractivity contribution in [1.29, 1.82) is 0 Å². The van der Waals surface area contributed by atoms with Crippen molar-refractivity contribution < 1.29 is 9.84 Å². The van der Waals surface area contributed by atoms with Crippen molar-refractivity contribution in [1.82, 2.24) is 5.32 Å². The molecule has 2 N–H and O–H groups in total. The number of benzene rings is 1. The Morgan fingerprint density at radius 1 is 1.30 bits per heavy atom. The number of rotatable bonds is 8. The van der Waals surface area contributed by atoms with Gasteiger partial charge >= 0.3 is 0 Å². The molecule has 0 spiro atoms. The summed E-state index contributed by atoms with van der Waals surface area (Å²) in [6, 6.07) is 7.91. The van der Waals surface area contributed by atoms with Crippen LogP contribution in [0.4, 0.5) is 0 Å². The summed E-state index contributed by atoms with van der Waals surface area (Å²) in [7, 11) is 0. The summed E-state index contributed by atoms with van der Waals surface area (Å²) in [5.74, 6) is 0.818. The van der Waals surface area contributed by atoms with Gasteiger partial charge in [0, 0.05) is 13.1 Å². The Morgan fingerprint density at radius 2 is 2.00 bits per heavy atom. The zero-order valence-corrected chi connectivity index (χ0v) is 12.7. The molecular weight excluding hydrogens is 250 g/mol. The van der Waals surface area contributed by atoms with Gasteiger partial charge in [-0.3, -0.25) is 0 Å². The number of ether oxygens (including phenoxy) is 1. The third-order valence-corrected chi connectivity index (χ3v) is 4.51. The van der Waals surface area contributed by atoms with Crippen molar-refractivity contribution in [2.24, 2.45) is 5.41 Å². The predicted molar refractivity (Wildman–Crippen MR) is 82.1 cm³/mol. The Hall–Kier alpha value is -1.06. The van der Waals surface area contributed by atoms with Gasteiger partial charge in [-0.2, -0.15) is 0 Å². The molecule has 0 heterocycles. The highest BCUT2D eigenvalue weighted by molar-refractivity contribution is 5.26. The number of hydrogen-bond acceptors (Lipinski definition) is 3. The zero-order chi connectivity index (χ0) is 14.4. The quantitative estimate of drug-likeness (QED) is 0.767. The molecule has 0 amide bonds. The van der Waals surface area contributed by atoms with Gasteiger partial charge in [0.05, 0.1) is 0 Å². The molecule has 112 valence electrons. The van der Waals surface area contributed by atoms with Gasteiger partial charge in [0.2, 0.25) is 0 Å². The summed E-state index contributed by atoms with van der Waals surface area (Å²) in [5, 5.41) is 13.3. The lowest BCUT2D eigenvalue weighted by atomic mass is 9.67. The first-order chi connectivity index (χ1) is 9.63. The highest BCUT2D eigenvalue weighted by Gasteiger charge is 2.34. The van der Waals surface area contributed by atoms with Crippen molar-refractivity contribution in [3.8, 4) is 5.75 Å². The standard InChI is InChI=1S/C17H27NO2/c1-3-17(9-4-10-17)13-18-11-15(19)12-20-16-7-5-14(2)6-8-16/h5-8,15,18-19H,3-4,9-13H2,1-2H3. The summed E-state index contributed by atoms with van der Waals surface area (Å²) < 4.78 is 5.58. The van der Waals surface area contributed by atoms with Crippen LogP contribution in [-0.2, 0) is 0 Å². The van der Waals surface area contributed by atoms with Crippen LogP contribution in [0.25, 0.3) is 0 Å². The fourth-order valence-electron chi connectivity index (χ4n) is 2.72. The molecule has 1 aromatic rings. The molecule has 1 saturated carbocycles. The third kappa shape index (κ3) is 4.22. The summed E-state index contributed by atoms with van der Waals surface area (Å²) in [6.45, 7) is 6.28. The molecule has 1 aliphatic carbocycles. The van der Waals surface area contributed by atoms with E-state index in [1.165, 1.54) is 31.2 Å². The maximum absolute atomic E-state index is 9.94. The second kappa shape index (κ2) is 7.09. The van der Waals surface area contributed by atoms with Crippen LogP contribution >= 0.6 is 0 Å². The van der Waals surface area contributed by atoms with Crippen LogP contribution in [0.15, 0.2) is 24.3 Å². The fourth-order valence-corrected chi connectivity index (χ4v) is 2.72. The molecule has 0 radical (unpaired) electrons. The topological polar surface area (TPSA) is 41.5 Å². The Kier molecular flexibility index (Phi) is 5.44. The molecule has 1 aliphatic rings. The second-order valence-electron chi connectivity index (χ2n) is 6.12. The van der Waals surface area contributed by atoms with Gasteiger partial charge in [-0.1, -0.05) is 31.0 Å². The largest absolute Gasteiger partial charge is 0.491 e. The minimum atomic E-state index is -0.453. The minimum Gasteiger partial charge on any atom is -0.491 e. The molecule has 0 aliphatic heterocycles. The highest BCUT2D eigenvalue weighted by Crippen LogP contribution is 2.42. The Morgan fingerprint density at radius 3 is 2.55 bits per heavy atom. The van der Waals surface area contributed by atoms with Gasteiger partial charge in [-0.25, -0.2) is 0 Å². The smallest absolute Gasteiger partial charge is 0.119 e. The summed E-state index contributed by atoms with van der Waals surface area (Å²) in [4.78, 5) is 0. The number of aliphatic hydroxyl groups is 1. The molecule has 2 rings (SSSR count). The molecular formula is C17H27NO2. The van der Waals surface area contributed by atoms with Crippen LogP contribution in [0.5, 0.6) is 5.75 Å². The lowest BCUT2D eigenvalue weighted by Crippen LogP contribution is -2.42. The van der Waals surface area contributed by atoms with E-state index in [1.807, 2.05) is 31.2 Å². The van der Waals surface area contributed by atoms with E-state index in [2.05, 4.69) is 12.2 Å². The van der Waals surface area contributed by atoms with Crippen LogP contribution in [0.3, 0.4) is 0 Å². The van der Waals surface area contributed by atoms with E-state index in [1.54, 1.807) is 0 Å². The molecule has 1 aromatic carbocycles. The molecule has 20 heavy (non-hydrogen) atoms. The van der Waals surface area contributed by atoms with E-state index in [0.29, 0.717) is 18.6 Å². The first-order valence-electron chi connectivity index (χ1n) is 7.72. The fraction of sp³-hybridized carbons (Fsp3) is 0.647. The van der Waals surface area contributed by atoms with E-state index in [9.17, 15) is 5.11 Å². The number of aliphatic hydroxyl groups excluding tert-OH is 1. The summed E-state index contributed by atoms with van der Waals surface area (Å²) in [6.07, 6.45) is 4.79. The summed E-state index contributed by atoms with van der Waals surface area (Å²) >= 11 is 0. The second-order valence-corrected chi connectivity index (χ2v) is 6.12. The molecule has 1 unspecified atom stereocenters. The van der Waals surface area contributed by atoms with Gasteiger partial charge in [0.1, 0.15) is 18.5 Å². The van der Waals surface area contributed by atoms with Gasteiger partial charge < -0.3 is 15.2 Å². The van der Waals surface area contributed by atoms with E-state index in [4.69, 9.17) is 4.74 Å². The van der Waals surface area contributed by atoms with Crippen LogP contribution < -0.4 is 10.1 Å². The van der Waals surface area contributed by atoms with Crippen LogP contribution in [0.1, 0.15) is 38.2 Å². The van der Waals surface area contributed by atoms with E-state index in [-0.39, 0.29) is 0 Å². The Balaban J connectivity index is 1.63. The Labute approximate surface area is 122 Å². The predicted octanol–water partition coefficient (Wildman–Crippen LogP) is 2.90. The van der Waals surface area contributed by atoms with Gasteiger partial charge in [-0.15, -0.1) is 0 Å². The molecule has 3 nitrogen and oxygen atoms in total. The molecule has 3 heteroatoms. The summed E-state index contributed by atoms with van der Waals surface area (Å²) in [5.41, 5.74) is 1.71. The molecule has 1 fully saturated rings. The van der Waals surface area contributed by atoms with Crippen molar-refractivity contribution in [2.75, 3.05) is 19.7 Å². The van der Waals surface area contributed by atoms with Gasteiger partial charge in [0.15, 0.2) is 0 Å². The van der Waals surface area contributed by atoms with E-state index >= 15 is 0 Å². The number of hydrogen-bond donors (Lipinski definition) is 2. The zero-order valence-electron chi connectivity index (χ0n) is 12.7. The average molecular weight is 277 g/mol. The monoisotopic (exact) mass is 277 g/mol. The first-order valence-corrected chi connectivity index (χ1v) is 7.72. The minimum absolute atomic E-state index is 0.342. The van der Waals surface area contributed by atoms with Crippen LogP contribution in [0, 0.1) is 12.3 Å². The average Bonchev–Trinajstić information content (AvgIpc) is 2.41. The van der Waals surface area contributed by atoms with Crippen LogP contribution in [0.2, 0.25) is 0 Å². The third-order valence-electron chi connectivity index (χ3n) is 4.51. The molecule has 0 aromatic heterocycles. The van der Waals surface area contributed by atoms with Crippen molar-refractivity contribution in [3.63, 3.8) is 0 Å². The SMILES string of the molecule is CCC1(CNCC(O)COc2ccc(C)cc2)CCC1. The highest BCUT2D eigenvalue weighted by atomic mass is 16.5. The lowest BCUT2D eigenvalue weighted by Gasteiger charge is -2.41. The molecule has 0 bridgehead atoms.